The maximum absolute atomic E-state index is 12.6. The quantitative estimate of drug-likeness (QED) is 0.594. The number of phenols is 1. The number of amides is 1. The van der Waals surface area contributed by atoms with Gasteiger partial charge >= 0.3 is 5.97 Å². The molecule has 1 fully saturated rings. The van der Waals surface area contributed by atoms with Gasteiger partial charge in [-0.2, -0.15) is 0 Å². The first-order valence-electron chi connectivity index (χ1n) is 9.97. The molecule has 1 aliphatic heterocycles. The normalized spacial score (nSPS) is 14.6. The predicted molar refractivity (Wildman–Crippen MR) is 114 cm³/mol. The monoisotopic (exact) mass is 418 g/mol. The highest BCUT2D eigenvalue weighted by atomic mass is 32.1. The van der Waals surface area contributed by atoms with Crippen molar-refractivity contribution in [3.05, 3.63) is 40.8 Å². The maximum atomic E-state index is 12.6. The molecular formula is C21H28N3O4S+. The Hall–Kier alpha value is -2.58. The van der Waals surface area contributed by atoms with Crippen LogP contribution in [-0.2, 0) is 16.0 Å². The van der Waals surface area contributed by atoms with Crippen LogP contribution in [0.4, 0.5) is 10.7 Å². The standard InChI is InChI=1S/C21H27N3O4S/c1-3-17-13-18(21(27)28-4-2)20(29-17)22-19(26)14-23-9-11-24(12-10-23)15-5-7-16(25)8-6-15/h5-8,13,25H,3-4,9-12,14H2,1-2H3,(H,22,26)/p+1. The molecule has 1 aliphatic rings. The molecular weight excluding hydrogens is 390 g/mol. The van der Waals surface area contributed by atoms with E-state index in [-0.39, 0.29) is 11.7 Å². The Balaban J connectivity index is 1.54. The second-order valence-corrected chi connectivity index (χ2v) is 8.14. The largest absolute Gasteiger partial charge is 0.508 e. The molecule has 0 bridgehead atoms. The Morgan fingerprint density at radius 3 is 2.52 bits per heavy atom. The summed E-state index contributed by atoms with van der Waals surface area (Å²) >= 11 is 1.43. The van der Waals surface area contributed by atoms with Crippen molar-refractivity contribution in [2.45, 2.75) is 20.3 Å². The van der Waals surface area contributed by atoms with E-state index >= 15 is 0 Å². The second-order valence-electron chi connectivity index (χ2n) is 7.01. The van der Waals surface area contributed by atoms with Crippen LogP contribution >= 0.6 is 11.3 Å². The van der Waals surface area contributed by atoms with Crippen LogP contribution in [0.15, 0.2) is 30.3 Å². The van der Waals surface area contributed by atoms with Gasteiger partial charge in [0.15, 0.2) is 6.54 Å². The average molecular weight is 419 g/mol. The highest BCUT2D eigenvalue weighted by molar-refractivity contribution is 7.16. The number of ether oxygens (including phenoxy) is 1. The lowest BCUT2D eigenvalue weighted by Crippen LogP contribution is -3.15. The van der Waals surface area contributed by atoms with Gasteiger partial charge in [0.2, 0.25) is 0 Å². The average Bonchev–Trinajstić information content (AvgIpc) is 3.12. The first-order valence-corrected chi connectivity index (χ1v) is 10.8. The number of carbonyl (C=O) groups excluding carboxylic acids is 2. The van der Waals surface area contributed by atoms with Crippen molar-refractivity contribution in [3.8, 4) is 5.75 Å². The second kappa shape index (κ2) is 9.76. The van der Waals surface area contributed by atoms with E-state index in [2.05, 4.69) is 10.2 Å². The molecule has 3 N–H and O–H groups in total. The summed E-state index contributed by atoms with van der Waals surface area (Å²) in [5.74, 6) is -0.224. The number of piperazine rings is 1. The number of rotatable bonds is 7. The van der Waals surface area contributed by atoms with E-state index in [9.17, 15) is 14.7 Å². The Bertz CT molecular complexity index is 842. The van der Waals surface area contributed by atoms with Gasteiger partial charge in [-0.15, -0.1) is 11.3 Å². The topological polar surface area (TPSA) is 83.3 Å². The molecule has 1 aromatic carbocycles. The zero-order valence-electron chi connectivity index (χ0n) is 16.9. The first kappa shape index (κ1) is 21.1. The van der Waals surface area contributed by atoms with Gasteiger partial charge in [0, 0.05) is 10.6 Å². The van der Waals surface area contributed by atoms with Crippen LogP contribution in [-0.4, -0.2) is 56.3 Å². The maximum Gasteiger partial charge on any atom is 0.341 e. The number of aromatic hydroxyl groups is 1. The number of anilines is 2. The van der Waals surface area contributed by atoms with Crippen molar-refractivity contribution in [3.63, 3.8) is 0 Å². The van der Waals surface area contributed by atoms with E-state index in [0.717, 1.165) is 43.2 Å². The Morgan fingerprint density at radius 1 is 1.21 bits per heavy atom. The van der Waals surface area contributed by atoms with Crippen molar-refractivity contribution in [1.82, 2.24) is 0 Å². The molecule has 3 rings (SSSR count). The first-order chi connectivity index (χ1) is 14.0. The fourth-order valence-electron chi connectivity index (χ4n) is 3.39. The van der Waals surface area contributed by atoms with Crippen LogP contribution in [0.25, 0.3) is 0 Å². The molecule has 29 heavy (non-hydrogen) atoms. The number of nitrogens with one attached hydrogen (secondary N) is 2. The fourth-order valence-corrected chi connectivity index (χ4v) is 4.39. The number of hydrogen-bond acceptors (Lipinski definition) is 6. The van der Waals surface area contributed by atoms with E-state index in [1.807, 2.05) is 25.1 Å². The number of esters is 1. The highest BCUT2D eigenvalue weighted by Gasteiger charge is 2.24. The van der Waals surface area contributed by atoms with Gasteiger partial charge in [-0.05, 0) is 43.7 Å². The minimum absolute atomic E-state index is 0.0897. The number of quaternary nitrogens is 1. The van der Waals surface area contributed by atoms with Gasteiger partial charge in [0.25, 0.3) is 5.91 Å². The third kappa shape index (κ3) is 5.48. The van der Waals surface area contributed by atoms with E-state index in [1.165, 1.54) is 16.2 Å². The SMILES string of the molecule is CCOC(=O)c1cc(CC)sc1NC(=O)C[NH+]1CCN(c2ccc(O)cc2)CC1. The van der Waals surface area contributed by atoms with Gasteiger partial charge in [0.1, 0.15) is 10.8 Å². The smallest absolute Gasteiger partial charge is 0.341 e. The van der Waals surface area contributed by atoms with Crippen molar-refractivity contribution in [2.24, 2.45) is 0 Å². The summed E-state index contributed by atoms with van der Waals surface area (Å²) in [6, 6.07) is 9.00. The van der Waals surface area contributed by atoms with Crippen molar-refractivity contribution >= 4 is 33.9 Å². The summed E-state index contributed by atoms with van der Waals surface area (Å²) < 4.78 is 5.11. The summed E-state index contributed by atoms with van der Waals surface area (Å²) in [4.78, 5) is 29.3. The van der Waals surface area contributed by atoms with Crippen LogP contribution in [0, 0.1) is 0 Å². The lowest BCUT2D eigenvalue weighted by molar-refractivity contribution is -0.892. The minimum atomic E-state index is -0.395. The highest BCUT2D eigenvalue weighted by Crippen LogP contribution is 2.29. The molecule has 1 amide bonds. The Morgan fingerprint density at radius 2 is 1.90 bits per heavy atom. The zero-order valence-corrected chi connectivity index (χ0v) is 17.7. The molecule has 0 radical (unpaired) electrons. The Kier molecular flexibility index (Phi) is 7.11. The van der Waals surface area contributed by atoms with Crippen molar-refractivity contribution in [2.75, 3.05) is 49.5 Å². The van der Waals surface area contributed by atoms with Crippen LogP contribution in [0.5, 0.6) is 5.75 Å². The van der Waals surface area contributed by atoms with E-state index < -0.39 is 5.97 Å². The molecule has 7 nitrogen and oxygen atoms in total. The van der Waals surface area contributed by atoms with Gasteiger partial charge in [0.05, 0.1) is 38.3 Å². The number of hydrogen-bond donors (Lipinski definition) is 3. The van der Waals surface area contributed by atoms with E-state index in [4.69, 9.17) is 4.74 Å². The van der Waals surface area contributed by atoms with Gasteiger partial charge in [-0.3, -0.25) is 4.79 Å². The molecule has 1 aromatic heterocycles. The Labute approximate surface area is 174 Å². The van der Waals surface area contributed by atoms with Crippen LogP contribution in [0.1, 0.15) is 29.1 Å². The van der Waals surface area contributed by atoms with Gasteiger partial charge in [-0.1, -0.05) is 6.92 Å². The predicted octanol–water partition coefficient (Wildman–Crippen LogP) is 1.54. The number of benzene rings is 1. The third-order valence-electron chi connectivity index (χ3n) is 4.98. The lowest BCUT2D eigenvalue weighted by atomic mass is 10.2. The van der Waals surface area contributed by atoms with Gasteiger partial charge < -0.3 is 25.0 Å². The molecule has 2 aromatic rings. The van der Waals surface area contributed by atoms with Crippen LogP contribution in [0.3, 0.4) is 0 Å². The third-order valence-corrected chi connectivity index (χ3v) is 6.17. The summed E-state index contributed by atoms with van der Waals surface area (Å²) in [6.07, 6.45) is 0.803. The summed E-state index contributed by atoms with van der Waals surface area (Å²) in [5.41, 5.74) is 1.52. The molecule has 0 aliphatic carbocycles. The van der Waals surface area contributed by atoms with Crippen LogP contribution in [0.2, 0.25) is 0 Å². The summed E-state index contributed by atoms with van der Waals surface area (Å²) in [6.45, 7) is 7.85. The molecule has 0 spiro atoms. The number of phenolic OH excluding ortho intramolecular Hbond substituents is 1. The zero-order chi connectivity index (χ0) is 20.8. The molecule has 0 atom stereocenters. The molecule has 0 unspecified atom stereocenters. The molecule has 0 saturated carbocycles. The summed E-state index contributed by atoms with van der Waals surface area (Å²) in [5, 5.41) is 12.9. The molecule has 2 heterocycles. The van der Waals surface area contributed by atoms with Gasteiger partial charge in [-0.25, -0.2) is 4.79 Å². The molecule has 8 heteroatoms. The summed E-state index contributed by atoms with van der Waals surface area (Å²) in [7, 11) is 0. The fraction of sp³-hybridized carbons (Fsp3) is 0.429. The number of aryl methyl sites for hydroxylation is 1. The minimum Gasteiger partial charge on any atom is -0.508 e. The molecule has 1 saturated heterocycles. The lowest BCUT2D eigenvalue weighted by Gasteiger charge is -2.33. The van der Waals surface area contributed by atoms with Crippen LogP contribution < -0.4 is 15.1 Å². The van der Waals surface area contributed by atoms with E-state index in [0.29, 0.717) is 23.7 Å². The number of carbonyl (C=O) groups is 2. The van der Waals surface area contributed by atoms with Crippen molar-refractivity contribution < 1.29 is 24.3 Å². The number of thiophene rings is 1. The molecule has 156 valence electrons. The van der Waals surface area contributed by atoms with E-state index in [1.54, 1.807) is 19.1 Å². The van der Waals surface area contributed by atoms with Crippen molar-refractivity contribution in [1.29, 1.82) is 0 Å². The number of nitrogens with zero attached hydrogens (tertiary/aromatic N) is 1.